The predicted molar refractivity (Wildman–Crippen MR) is 31.7 cm³/mol. The third-order valence-corrected chi connectivity index (χ3v) is 0.333. The van der Waals surface area contributed by atoms with E-state index in [9.17, 15) is 0 Å². The monoisotopic (exact) mass is 206 g/mol. The van der Waals surface area contributed by atoms with E-state index in [1.807, 2.05) is 6.92 Å². The molecule has 0 saturated carbocycles. The zero-order chi connectivity index (χ0) is 6.83. The molecule has 53 valence electrons. The molecule has 0 atom stereocenters. The fraction of sp³-hybridized carbons (Fsp3) is 0.600. The van der Waals surface area contributed by atoms with E-state index < -0.39 is 0 Å². The number of carbonyl (C=O) groups excluding carboxylic acids is 1. The zero-order valence-corrected chi connectivity index (χ0v) is 8.65. The van der Waals surface area contributed by atoms with Gasteiger partial charge in [0.2, 0.25) is 0 Å². The first-order chi connectivity index (χ1) is 3.83. The summed E-state index contributed by atoms with van der Waals surface area (Å²) in [7, 11) is 4.61. The van der Waals surface area contributed by atoms with Gasteiger partial charge < -0.3 is 14.8 Å². The van der Waals surface area contributed by atoms with Crippen LogP contribution >= 0.6 is 0 Å². The van der Waals surface area contributed by atoms with Gasteiger partial charge in [-0.15, -0.1) is 0 Å². The average Bonchev–Trinajstić information content (AvgIpc) is 1.88. The van der Waals surface area contributed by atoms with Crippen molar-refractivity contribution in [3.05, 3.63) is 7.05 Å². The van der Waals surface area contributed by atoms with Gasteiger partial charge in [0.1, 0.15) is 0 Å². The SMILES string of the molecule is CO[C-]=O.[CH2-]NCC.[Y]. The van der Waals surface area contributed by atoms with Crippen LogP contribution in [0.3, 0.4) is 0 Å². The molecular formula is C5H11NO2Y-2. The number of ether oxygens (including phenoxy) is 1. The molecule has 0 amide bonds. The number of hydrogen-bond acceptors (Lipinski definition) is 3. The molecule has 0 fully saturated rings. The van der Waals surface area contributed by atoms with E-state index in [0.29, 0.717) is 0 Å². The van der Waals surface area contributed by atoms with Gasteiger partial charge in [-0.25, -0.2) is 0 Å². The number of methoxy groups -OCH3 is 1. The summed E-state index contributed by atoms with van der Waals surface area (Å²) in [5.41, 5.74) is 0. The Bertz CT molecular complexity index is 41.9. The van der Waals surface area contributed by atoms with Crippen molar-refractivity contribution in [2.24, 2.45) is 0 Å². The summed E-state index contributed by atoms with van der Waals surface area (Å²) in [6.45, 7) is 4.15. The Kier molecular flexibility index (Phi) is 42.6. The van der Waals surface area contributed by atoms with Gasteiger partial charge in [0, 0.05) is 39.8 Å². The van der Waals surface area contributed by atoms with Gasteiger partial charge in [-0.1, -0.05) is 13.4 Å². The Morgan fingerprint density at radius 3 is 2.00 bits per heavy atom. The summed E-state index contributed by atoms with van der Waals surface area (Å²) < 4.78 is 3.74. The van der Waals surface area contributed by atoms with Crippen LogP contribution in [0.2, 0.25) is 0 Å². The van der Waals surface area contributed by atoms with Gasteiger partial charge in [0.25, 0.3) is 0 Å². The van der Waals surface area contributed by atoms with Crippen molar-refractivity contribution in [2.75, 3.05) is 13.7 Å². The van der Waals surface area contributed by atoms with Gasteiger partial charge >= 0.3 is 0 Å². The van der Waals surface area contributed by atoms with E-state index in [2.05, 4.69) is 17.1 Å². The molecule has 0 aliphatic carbocycles. The fourth-order valence-corrected chi connectivity index (χ4v) is 0. The van der Waals surface area contributed by atoms with Crippen LogP contribution in [0.4, 0.5) is 0 Å². The van der Waals surface area contributed by atoms with Gasteiger partial charge in [-0.3, -0.25) is 7.05 Å². The van der Waals surface area contributed by atoms with Crippen molar-refractivity contribution < 1.29 is 42.2 Å². The Morgan fingerprint density at radius 2 is 2.00 bits per heavy atom. The summed E-state index contributed by atoms with van der Waals surface area (Å²) in [6.07, 6.45) is 0. The molecular weight excluding hydrogens is 195 g/mol. The molecule has 0 saturated heterocycles. The largest absolute Gasteiger partial charge is 0.655 e. The van der Waals surface area contributed by atoms with Crippen LogP contribution in [0.15, 0.2) is 0 Å². The molecule has 1 radical (unpaired) electrons. The van der Waals surface area contributed by atoms with E-state index in [1.165, 1.54) is 13.6 Å². The van der Waals surface area contributed by atoms with E-state index in [-0.39, 0.29) is 32.7 Å². The second-order valence-corrected chi connectivity index (χ2v) is 0.891. The molecule has 3 nitrogen and oxygen atoms in total. The molecule has 0 spiro atoms. The van der Waals surface area contributed by atoms with Crippen molar-refractivity contribution in [1.29, 1.82) is 0 Å². The molecule has 0 rings (SSSR count). The second-order valence-electron chi connectivity index (χ2n) is 0.891. The van der Waals surface area contributed by atoms with Gasteiger partial charge in [-0.2, -0.15) is 0 Å². The molecule has 0 aromatic heterocycles. The third kappa shape index (κ3) is 56.7. The molecule has 1 N–H and O–H groups in total. The molecule has 0 aliphatic heterocycles. The summed E-state index contributed by atoms with van der Waals surface area (Å²) >= 11 is 0. The third-order valence-electron chi connectivity index (χ3n) is 0.333. The van der Waals surface area contributed by atoms with Crippen molar-refractivity contribution in [3.63, 3.8) is 0 Å². The van der Waals surface area contributed by atoms with Gasteiger partial charge in [0.05, 0.1) is 0 Å². The van der Waals surface area contributed by atoms with Crippen LogP contribution in [-0.2, 0) is 42.2 Å². The van der Waals surface area contributed by atoms with Gasteiger partial charge in [-0.05, 0) is 6.54 Å². The summed E-state index contributed by atoms with van der Waals surface area (Å²) in [4.78, 5) is 8.83. The Morgan fingerprint density at radius 1 is 1.78 bits per heavy atom. The maximum absolute atomic E-state index is 8.83. The zero-order valence-electron chi connectivity index (χ0n) is 5.81. The van der Waals surface area contributed by atoms with Crippen molar-refractivity contribution in [2.45, 2.75) is 6.92 Å². The minimum absolute atomic E-state index is 0. The first kappa shape index (κ1) is 16.3. The van der Waals surface area contributed by atoms with E-state index in [4.69, 9.17) is 4.79 Å². The summed E-state index contributed by atoms with van der Waals surface area (Å²) in [6, 6.07) is 0. The minimum Gasteiger partial charge on any atom is -0.655 e. The molecule has 0 aromatic carbocycles. The smallest absolute Gasteiger partial charge is 0.0362 e. The van der Waals surface area contributed by atoms with Crippen LogP contribution in [0, 0.1) is 7.05 Å². The van der Waals surface area contributed by atoms with Crippen LogP contribution < -0.4 is 5.32 Å². The van der Waals surface area contributed by atoms with Crippen molar-refractivity contribution in [3.8, 4) is 0 Å². The second kappa shape index (κ2) is 23.6. The van der Waals surface area contributed by atoms with Crippen molar-refractivity contribution >= 4 is 6.47 Å². The quantitative estimate of drug-likeness (QED) is 0.650. The molecule has 0 aromatic rings. The van der Waals surface area contributed by atoms with Crippen LogP contribution in [0.25, 0.3) is 0 Å². The molecule has 0 bridgehead atoms. The van der Waals surface area contributed by atoms with E-state index in [0.717, 1.165) is 6.54 Å². The molecule has 0 heterocycles. The maximum Gasteiger partial charge on any atom is 0.0362 e. The topological polar surface area (TPSA) is 38.3 Å². The minimum atomic E-state index is 0. The first-order valence-corrected chi connectivity index (χ1v) is 2.23. The van der Waals surface area contributed by atoms with Crippen LogP contribution in [0.5, 0.6) is 0 Å². The molecule has 0 aliphatic rings. The summed E-state index contributed by atoms with van der Waals surface area (Å²) in [5, 5.41) is 2.68. The Balaban J connectivity index is -0.0000000720. The molecule has 9 heavy (non-hydrogen) atoms. The van der Waals surface area contributed by atoms with Crippen molar-refractivity contribution in [1.82, 2.24) is 5.32 Å². The number of nitrogens with one attached hydrogen (secondary N) is 1. The number of hydrogen-bond donors (Lipinski definition) is 1. The first-order valence-electron chi connectivity index (χ1n) is 2.23. The van der Waals surface area contributed by atoms with E-state index >= 15 is 0 Å². The molecule has 0 unspecified atom stereocenters. The van der Waals surface area contributed by atoms with Crippen LogP contribution in [0.1, 0.15) is 6.92 Å². The number of rotatable bonds is 2. The Hall–Kier alpha value is 0.534. The normalized spacial score (nSPS) is 5.67. The fourth-order valence-electron chi connectivity index (χ4n) is 0. The predicted octanol–water partition coefficient (Wildman–Crippen LogP) is 0.0850. The summed E-state index contributed by atoms with van der Waals surface area (Å²) in [5.74, 6) is 0. The standard InChI is InChI=1S/C3H8N.C2H3O2.Y/c1-3-4-2;1-4-2-3;/h4H,2-3H2,1H3;1H3;/q2*-1;. The average molecular weight is 206 g/mol. The van der Waals surface area contributed by atoms with Gasteiger partial charge in [0.15, 0.2) is 0 Å². The van der Waals surface area contributed by atoms with E-state index in [1.54, 1.807) is 0 Å². The molecule has 4 heteroatoms. The maximum atomic E-state index is 8.83. The Labute approximate surface area is 81.4 Å². The van der Waals surface area contributed by atoms with Crippen LogP contribution in [-0.4, -0.2) is 20.1 Å².